The van der Waals surface area contributed by atoms with Crippen LogP contribution in [0.5, 0.6) is 0 Å². The van der Waals surface area contributed by atoms with Crippen molar-refractivity contribution >= 4 is 40.1 Å². The highest BCUT2D eigenvalue weighted by Gasteiger charge is 2.45. The highest BCUT2D eigenvalue weighted by molar-refractivity contribution is 6.08. The van der Waals surface area contributed by atoms with E-state index in [1.54, 1.807) is 28.6 Å². The maximum atomic E-state index is 14.0. The smallest absolute Gasteiger partial charge is 0.319 e. The number of halogens is 2. The fraction of sp³-hybridized carbons (Fsp3) is 0.441. The Labute approximate surface area is 284 Å². The van der Waals surface area contributed by atoms with Gasteiger partial charge in [0.05, 0.1) is 29.0 Å². The van der Waals surface area contributed by atoms with Gasteiger partial charge in [0.25, 0.3) is 12.3 Å². The Morgan fingerprint density at radius 1 is 1.12 bits per heavy atom. The maximum absolute atomic E-state index is 14.0. The summed E-state index contributed by atoms with van der Waals surface area (Å²) in [6.45, 7) is 2.68. The molecule has 14 nitrogen and oxygen atoms in total. The summed E-state index contributed by atoms with van der Waals surface area (Å²) < 4.78 is 34.2. The van der Waals surface area contributed by atoms with Gasteiger partial charge in [-0.25, -0.2) is 23.1 Å². The number of rotatable bonds is 8. The van der Waals surface area contributed by atoms with Crippen LogP contribution in [0.1, 0.15) is 78.6 Å². The zero-order chi connectivity index (χ0) is 34.7. The van der Waals surface area contributed by atoms with Gasteiger partial charge in [0.15, 0.2) is 11.3 Å². The van der Waals surface area contributed by atoms with E-state index >= 15 is 0 Å². The van der Waals surface area contributed by atoms with Gasteiger partial charge in [-0.3, -0.25) is 33.5 Å². The van der Waals surface area contributed by atoms with Gasteiger partial charge in [-0.2, -0.15) is 10.2 Å². The van der Waals surface area contributed by atoms with Crippen LogP contribution in [0.4, 0.5) is 14.5 Å². The number of nitrogens with zero attached hydrogens (tertiary/aromatic N) is 8. The number of piperidine rings is 1. The van der Waals surface area contributed by atoms with Gasteiger partial charge in [-0.15, -0.1) is 0 Å². The predicted molar refractivity (Wildman–Crippen MR) is 177 cm³/mol. The third kappa shape index (κ3) is 5.47. The molecule has 5 aromatic rings. The average Bonchev–Trinajstić information content (AvgIpc) is 3.78. The number of carbonyl (C=O) groups is 3. The predicted octanol–water partition coefficient (Wildman–Crippen LogP) is 3.41. The van der Waals surface area contributed by atoms with Crippen molar-refractivity contribution in [2.75, 3.05) is 25.0 Å². The number of hydrogen-bond acceptors (Lipinski definition) is 8. The number of alkyl halides is 2. The maximum Gasteiger partial charge on any atom is 0.329 e. The third-order valence-corrected chi connectivity index (χ3v) is 10.7. The van der Waals surface area contributed by atoms with Gasteiger partial charge >= 0.3 is 5.69 Å². The molecule has 4 aromatic heterocycles. The Balaban J connectivity index is 0.893. The summed E-state index contributed by atoms with van der Waals surface area (Å²) in [6, 6.07) is 6.67. The first-order chi connectivity index (χ1) is 24.1. The second-order valence-corrected chi connectivity index (χ2v) is 13.8. The number of likely N-dealkylation sites (tertiary alicyclic amines) is 1. The Hall–Kier alpha value is -5.25. The van der Waals surface area contributed by atoms with Crippen LogP contribution in [0.25, 0.3) is 16.7 Å². The second-order valence-electron chi connectivity index (χ2n) is 13.8. The molecule has 1 saturated carbocycles. The molecule has 1 unspecified atom stereocenters. The number of para-hydroxylation sites is 1. The van der Waals surface area contributed by atoms with E-state index in [1.165, 1.54) is 27.7 Å². The highest BCUT2D eigenvalue weighted by Crippen LogP contribution is 2.47. The number of amides is 3. The molecule has 16 heteroatoms. The summed E-state index contributed by atoms with van der Waals surface area (Å²) >= 11 is 0. The second kappa shape index (κ2) is 12.3. The lowest BCUT2D eigenvalue weighted by Gasteiger charge is -2.53. The van der Waals surface area contributed by atoms with E-state index in [0.29, 0.717) is 11.2 Å². The molecule has 2 saturated heterocycles. The molecule has 1 atom stereocenters. The molecule has 8 rings (SSSR count). The molecule has 3 fully saturated rings. The molecule has 2 N–H and O–H groups in total. The summed E-state index contributed by atoms with van der Waals surface area (Å²) in [5.74, 6) is -1.35. The first-order valence-corrected chi connectivity index (χ1v) is 16.8. The topological polar surface area (TPSA) is 153 Å². The zero-order valence-corrected chi connectivity index (χ0v) is 27.4. The number of carbonyl (C=O) groups excluding carboxylic acids is 3. The first-order valence-electron chi connectivity index (χ1n) is 16.8. The molecule has 50 heavy (non-hydrogen) atoms. The van der Waals surface area contributed by atoms with E-state index in [4.69, 9.17) is 0 Å². The van der Waals surface area contributed by atoms with Crippen molar-refractivity contribution in [1.82, 2.24) is 43.7 Å². The van der Waals surface area contributed by atoms with Crippen molar-refractivity contribution in [3.05, 3.63) is 76.4 Å². The lowest BCUT2D eigenvalue weighted by molar-refractivity contribution is -0.135. The average molecular weight is 687 g/mol. The van der Waals surface area contributed by atoms with Crippen LogP contribution < -0.4 is 16.3 Å². The van der Waals surface area contributed by atoms with Gasteiger partial charge in [-0.05, 0) is 61.6 Å². The minimum atomic E-state index is -2.85. The monoisotopic (exact) mass is 686 g/mol. The van der Waals surface area contributed by atoms with Gasteiger partial charge < -0.3 is 10.2 Å². The van der Waals surface area contributed by atoms with Gasteiger partial charge in [0.1, 0.15) is 11.6 Å². The summed E-state index contributed by atoms with van der Waals surface area (Å²) in [5.41, 5.74) is 2.42. The summed E-state index contributed by atoms with van der Waals surface area (Å²) in [7, 11) is 1.72. The van der Waals surface area contributed by atoms with Crippen LogP contribution in [0.3, 0.4) is 0 Å². The van der Waals surface area contributed by atoms with Crippen LogP contribution in [0.15, 0.2) is 53.8 Å². The molecule has 3 aliphatic rings. The van der Waals surface area contributed by atoms with Gasteiger partial charge in [-0.1, -0.05) is 12.1 Å². The minimum absolute atomic E-state index is 0.0182. The van der Waals surface area contributed by atoms with Crippen LogP contribution in [-0.2, 0) is 23.1 Å². The van der Waals surface area contributed by atoms with Crippen molar-refractivity contribution in [2.24, 2.45) is 12.5 Å². The molecular weight excluding hydrogens is 650 g/mol. The highest BCUT2D eigenvalue weighted by atomic mass is 19.3. The number of imidazole rings is 1. The number of hydrogen-bond donors (Lipinski definition) is 2. The Morgan fingerprint density at radius 3 is 2.68 bits per heavy atom. The molecule has 0 radical (unpaired) electrons. The standard InChI is InChI=1S/C34H36F2N10O4/c1-42-28-20(4-2-5-24(28)46(33(42)50)25-6-7-26(47)40-32(25)49)10-15-43-18-34(19-43)11-8-21(9-12-34)45-17-23(27(41-45)29(35)36)39-31(48)22-16-38-44-14-3-13-37-30(22)44/h2-5,13-14,16-17,21,25,29H,6-12,15,18-19H2,1H3,(H,39,48)(H,40,47,49). The van der Waals surface area contributed by atoms with Crippen LogP contribution in [0, 0.1) is 5.41 Å². The quantitative estimate of drug-likeness (QED) is 0.236. The van der Waals surface area contributed by atoms with E-state index in [1.807, 2.05) is 18.2 Å². The minimum Gasteiger partial charge on any atom is -0.319 e. The van der Waals surface area contributed by atoms with E-state index in [-0.39, 0.29) is 47.1 Å². The fourth-order valence-corrected chi connectivity index (χ4v) is 8.11. The number of anilines is 1. The summed E-state index contributed by atoms with van der Waals surface area (Å²) in [4.78, 5) is 57.2. The largest absolute Gasteiger partial charge is 0.329 e. The number of fused-ring (bicyclic) bond motifs is 2. The molecule has 1 aliphatic carbocycles. The lowest BCUT2D eigenvalue weighted by Crippen LogP contribution is -2.57. The van der Waals surface area contributed by atoms with E-state index in [9.17, 15) is 28.0 Å². The van der Waals surface area contributed by atoms with Gasteiger partial charge in [0.2, 0.25) is 11.8 Å². The van der Waals surface area contributed by atoms with Crippen molar-refractivity contribution in [3.8, 4) is 0 Å². The summed E-state index contributed by atoms with van der Waals surface area (Å²) in [5, 5.41) is 13.3. The molecule has 6 heterocycles. The van der Waals surface area contributed by atoms with Crippen molar-refractivity contribution in [3.63, 3.8) is 0 Å². The molecular formula is C34H36F2N10O4. The molecule has 1 aromatic carbocycles. The fourth-order valence-electron chi connectivity index (χ4n) is 8.11. The third-order valence-electron chi connectivity index (χ3n) is 10.7. The van der Waals surface area contributed by atoms with Crippen LogP contribution in [0.2, 0.25) is 0 Å². The van der Waals surface area contributed by atoms with Crippen LogP contribution in [-0.4, -0.2) is 75.8 Å². The van der Waals surface area contributed by atoms with E-state index in [0.717, 1.165) is 62.8 Å². The van der Waals surface area contributed by atoms with E-state index < -0.39 is 30.0 Å². The Morgan fingerprint density at radius 2 is 1.92 bits per heavy atom. The Kier molecular flexibility index (Phi) is 7.84. The molecule has 3 amide bonds. The van der Waals surface area contributed by atoms with Crippen molar-refractivity contribution in [2.45, 2.75) is 63.5 Å². The lowest BCUT2D eigenvalue weighted by atomic mass is 9.67. The van der Waals surface area contributed by atoms with Crippen molar-refractivity contribution < 1.29 is 23.2 Å². The van der Waals surface area contributed by atoms with Gasteiger partial charge in [0, 0.05) is 51.7 Å². The number of aromatic nitrogens is 7. The Bertz CT molecular complexity index is 2200. The normalized spacial score (nSPS) is 19.8. The number of nitrogens with one attached hydrogen (secondary N) is 2. The number of aryl methyl sites for hydroxylation is 1. The molecule has 260 valence electrons. The number of benzene rings is 1. The number of imide groups is 1. The molecule has 2 aliphatic heterocycles. The zero-order valence-electron chi connectivity index (χ0n) is 27.4. The SMILES string of the molecule is Cn1c(=O)n(C2CCC(=O)NC2=O)c2cccc(CCN3CC4(CCC(n5cc(NC(=O)c6cnn7cccnc67)c(C(F)F)n5)CC4)C3)c21. The molecule has 0 bridgehead atoms. The van der Waals surface area contributed by atoms with E-state index in [2.05, 4.69) is 30.7 Å². The first kappa shape index (κ1) is 32.0. The summed E-state index contributed by atoms with van der Waals surface area (Å²) in [6.07, 6.45) is 7.86. The molecule has 1 spiro atoms. The van der Waals surface area contributed by atoms with Crippen molar-refractivity contribution in [1.29, 1.82) is 0 Å². The van der Waals surface area contributed by atoms with Crippen LogP contribution >= 0.6 is 0 Å².